The van der Waals surface area contributed by atoms with Crippen LogP contribution in [-0.4, -0.2) is 31.0 Å². The summed E-state index contributed by atoms with van der Waals surface area (Å²) in [5, 5.41) is 12.3. The summed E-state index contributed by atoms with van der Waals surface area (Å²) < 4.78 is 10.5. The van der Waals surface area contributed by atoms with E-state index in [-0.39, 0.29) is 18.6 Å². The molecule has 5 heteroatoms. The van der Waals surface area contributed by atoms with Gasteiger partial charge in [0.15, 0.2) is 11.5 Å². The highest BCUT2D eigenvalue weighted by Gasteiger charge is 2.34. The van der Waals surface area contributed by atoms with E-state index < -0.39 is 5.97 Å². The van der Waals surface area contributed by atoms with E-state index in [0.717, 1.165) is 11.3 Å². The third-order valence-corrected chi connectivity index (χ3v) is 3.36. The van der Waals surface area contributed by atoms with Gasteiger partial charge in [0.1, 0.15) is 0 Å². The van der Waals surface area contributed by atoms with Gasteiger partial charge in [0, 0.05) is 19.0 Å². The molecule has 2 atom stereocenters. The van der Waals surface area contributed by atoms with Crippen molar-refractivity contribution in [3.63, 3.8) is 0 Å². The topological polar surface area (TPSA) is 67.8 Å². The van der Waals surface area contributed by atoms with Gasteiger partial charge in [-0.3, -0.25) is 4.79 Å². The van der Waals surface area contributed by atoms with Crippen LogP contribution >= 0.6 is 0 Å². The molecule has 3 rings (SSSR count). The minimum atomic E-state index is -0.752. The van der Waals surface area contributed by atoms with Gasteiger partial charge in [-0.1, -0.05) is 6.07 Å². The lowest BCUT2D eigenvalue weighted by Gasteiger charge is -2.15. The number of hydrogen-bond donors (Lipinski definition) is 2. The summed E-state index contributed by atoms with van der Waals surface area (Å²) in [5.41, 5.74) is 0.992. The van der Waals surface area contributed by atoms with E-state index in [1.807, 2.05) is 18.2 Å². The van der Waals surface area contributed by atoms with Gasteiger partial charge in [0.2, 0.25) is 6.79 Å². The number of aliphatic carboxylic acids is 1. The summed E-state index contributed by atoms with van der Waals surface area (Å²) in [5.74, 6) is 0.320. The Balaban J connectivity index is 1.91. The number of hydrogen-bond acceptors (Lipinski definition) is 4. The van der Waals surface area contributed by atoms with Gasteiger partial charge in [-0.25, -0.2) is 0 Å². The van der Waals surface area contributed by atoms with Crippen molar-refractivity contribution in [2.24, 2.45) is 5.92 Å². The van der Waals surface area contributed by atoms with Crippen LogP contribution < -0.4 is 14.8 Å². The van der Waals surface area contributed by atoms with E-state index in [0.29, 0.717) is 18.8 Å². The van der Waals surface area contributed by atoms with E-state index in [2.05, 4.69) is 5.32 Å². The average molecular weight is 235 g/mol. The third-order valence-electron chi connectivity index (χ3n) is 3.36. The zero-order valence-corrected chi connectivity index (χ0v) is 9.18. The molecule has 1 aromatic carbocycles. The van der Waals surface area contributed by atoms with E-state index in [1.54, 1.807) is 0 Å². The van der Waals surface area contributed by atoms with Crippen LogP contribution in [0.4, 0.5) is 0 Å². The van der Waals surface area contributed by atoms with Crippen molar-refractivity contribution in [2.75, 3.05) is 19.9 Å². The fourth-order valence-electron chi connectivity index (χ4n) is 2.43. The molecule has 0 bridgehead atoms. The van der Waals surface area contributed by atoms with Crippen LogP contribution in [0.2, 0.25) is 0 Å². The predicted octanol–water partition coefficient (Wildman–Crippen LogP) is 0.803. The number of ether oxygens (including phenoxy) is 2. The lowest BCUT2D eigenvalue weighted by Crippen LogP contribution is -2.20. The van der Waals surface area contributed by atoms with Crippen LogP contribution in [0, 0.1) is 5.92 Å². The van der Waals surface area contributed by atoms with Crippen molar-refractivity contribution < 1.29 is 19.4 Å². The standard InChI is InChI=1S/C12H13NO4/c14-12(15)9-5-13-4-8(9)7-1-2-10-11(3-7)17-6-16-10/h1-3,8-9,13H,4-6H2,(H,14,15)/t8-,9+/m0/s1. The van der Waals surface area contributed by atoms with Gasteiger partial charge >= 0.3 is 5.97 Å². The van der Waals surface area contributed by atoms with Crippen molar-refractivity contribution in [3.8, 4) is 11.5 Å². The lowest BCUT2D eigenvalue weighted by atomic mass is 9.89. The zero-order valence-electron chi connectivity index (χ0n) is 9.18. The summed E-state index contributed by atoms with van der Waals surface area (Å²) in [6.07, 6.45) is 0. The summed E-state index contributed by atoms with van der Waals surface area (Å²) in [7, 11) is 0. The molecule has 2 N–H and O–H groups in total. The monoisotopic (exact) mass is 235 g/mol. The van der Waals surface area contributed by atoms with Crippen LogP contribution in [0.5, 0.6) is 11.5 Å². The second-order valence-corrected chi connectivity index (χ2v) is 4.32. The van der Waals surface area contributed by atoms with Crippen LogP contribution in [0.1, 0.15) is 11.5 Å². The van der Waals surface area contributed by atoms with Gasteiger partial charge in [0.25, 0.3) is 0 Å². The molecule has 0 amide bonds. The molecule has 2 heterocycles. The summed E-state index contributed by atoms with van der Waals surface area (Å²) >= 11 is 0. The van der Waals surface area contributed by atoms with Gasteiger partial charge in [-0.15, -0.1) is 0 Å². The highest BCUT2D eigenvalue weighted by atomic mass is 16.7. The molecule has 0 aliphatic carbocycles. The Labute approximate surface area is 98.3 Å². The molecule has 90 valence electrons. The predicted molar refractivity (Wildman–Crippen MR) is 59.3 cm³/mol. The quantitative estimate of drug-likeness (QED) is 0.793. The average Bonchev–Trinajstić information content (AvgIpc) is 2.96. The summed E-state index contributed by atoms with van der Waals surface area (Å²) in [4.78, 5) is 11.1. The number of carbonyl (C=O) groups is 1. The molecular formula is C12H13NO4. The minimum Gasteiger partial charge on any atom is -0.481 e. The zero-order chi connectivity index (χ0) is 11.8. The van der Waals surface area contributed by atoms with Crippen molar-refractivity contribution in [1.29, 1.82) is 0 Å². The normalized spacial score (nSPS) is 26.1. The van der Waals surface area contributed by atoms with Crippen LogP contribution in [0.25, 0.3) is 0 Å². The number of rotatable bonds is 2. The Kier molecular flexibility index (Phi) is 2.40. The number of benzene rings is 1. The first-order valence-electron chi connectivity index (χ1n) is 5.59. The molecule has 1 aromatic rings. The van der Waals surface area contributed by atoms with Crippen molar-refractivity contribution in [2.45, 2.75) is 5.92 Å². The summed E-state index contributed by atoms with van der Waals surface area (Å²) in [6, 6.07) is 5.64. The molecule has 0 radical (unpaired) electrons. The minimum absolute atomic E-state index is 0.00185. The Bertz CT molecular complexity index is 460. The highest BCUT2D eigenvalue weighted by Crippen LogP contribution is 2.37. The number of carboxylic acids is 1. The molecular weight excluding hydrogens is 222 g/mol. The second kappa shape index (κ2) is 3.92. The first-order valence-corrected chi connectivity index (χ1v) is 5.59. The van der Waals surface area contributed by atoms with Gasteiger partial charge < -0.3 is 19.9 Å². The first-order chi connectivity index (χ1) is 8.25. The second-order valence-electron chi connectivity index (χ2n) is 4.32. The summed E-state index contributed by atoms with van der Waals surface area (Å²) in [6.45, 7) is 1.45. The van der Waals surface area contributed by atoms with Gasteiger partial charge in [-0.2, -0.15) is 0 Å². The molecule has 5 nitrogen and oxygen atoms in total. The number of nitrogens with one attached hydrogen (secondary N) is 1. The molecule has 0 saturated carbocycles. The molecule has 2 aliphatic heterocycles. The lowest BCUT2D eigenvalue weighted by molar-refractivity contribution is -0.141. The third kappa shape index (κ3) is 1.72. The van der Waals surface area contributed by atoms with Crippen LogP contribution in [0.15, 0.2) is 18.2 Å². The van der Waals surface area contributed by atoms with E-state index in [1.165, 1.54) is 0 Å². The molecule has 1 fully saturated rings. The van der Waals surface area contributed by atoms with E-state index in [4.69, 9.17) is 14.6 Å². The van der Waals surface area contributed by atoms with Crippen molar-refractivity contribution >= 4 is 5.97 Å². The largest absolute Gasteiger partial charge is 0.481 e. The van der Waals surface area contributed by atoms with Gasteiger partial charge in [-0.05, 0) is 17.7 Å². The maximum absolute atomic E-state index is 11.1. The maximum atomic E-state index is 11.1. The molecule has 0 spiro atoms. The molecule has 17 heavy (non-hydrogen) atoms. The van der Waals surface area contributed by atoms with Crippen LogP contribution in [-0.2, 0) is 4.79 Å². The Hall–Kier alpha value is -1.75. The SMILES string of the molecule is O=C(O)[C@@H]1CNC[C@H]1c1ccc2c(c1)OCO2. The first kappa shape index (κ1) is 10.4. The fraction of sp³-hybridized carbons (Fsp3) is 0.417. The molecule has 2 aliphatic rings. The molecule has 0 unspecified atom stereocenters. The fourth-order valence-corrected chi connectivity index (χ4v) is 2.43. The molecule has 0 aromatic heterocycles. The van der Waals surface area contributed by atoms with Crippen LogP contribution in [0.3, 0.4) is 0 Å². The van der Waals surface area contributed by atoms with Crippen molar-refractivity contribution in [3.05, 3.63) is 23.8 Å². The number of carboxylic acid groups (broad SMARTS) is 1. The smallest absolute Gasteiger partial charge is 0.308 e. The Morgan fingerprint density at radius 1 is 1.29 bits per heavy atom. The number of fused-ring (bicyclic) bond motifs is 1. The molecule has 1 saturated heterocycles. The Morgan fingerprint density at radius 3 is 2.94 bits per heavy atom. The van der Waals surface area contributed by atoms with E-state index in [9.17, 15) is 4.79 Å². The van der Waals surface area contributed by atoms with Crippen molar-refractivity contribution in [1.82, 2.24) is 5.32 Å². The Morgan fingerprint density at radius 2 is 2.12 bits per heavy atom. The highest BCUT2D eigenvalue weighted by molar-refractivity contribution is 5.72. The van der Waals surface area contributed by atoms with Gasteiger partial charge in [0.05, 0.1) is 5.92 Å². The maximum Gasteiger partial charge on any atom is 0.308 e. The van der Waals surface area contributed by atoms with E-state index >= 15 is 0 Å².